The van der Waals surface area contributed by atoms with E-state index in [9.17, 15) is 0 Å². The van der Waals surface area contributed by atoms with E-state index in [1.54, 1.807) is 34.0 Å². The molecule has 4 aromatic heterocycles. The highest BCUT2D eigenvalue weighted by atomic mass is 32.1. The van der Waals surface area contributed by atoms with Gasteiger partial charge in [0.1, 0.15) is 22.4 Å². The molecular weight excluding hydrogens is 485 g/mol. The SMILES string of the molecule is C(#Cc1nc2c(-c3cccs3)sc(-c3cccs3)c2nc1C#Cc1ccccc1)c1ccccc1. The van der Waals surface area contributed by atoms with Crippen LogP contribution in [0.2, 0.25) is 0 Å². The summed E-state index contributed by atoms with van der Waals surface area (Å²) in [5.74, 6) is 13.0. The minimum atomic E-state index is 0.595. The average molecular weight is 501 g/mol. The molecule has 0 saturated heterocycles. The molecule has 0 aliphatic heterocycles. The second kappa shape index (κ2) is 9.70. The van der Waals surface area contributed by atoms with Crippen molar-refractivity contribution in [2.45, 2.75) is 0 Å². The van der Waals surface area contributed by atoms with Crippen LogP contribution < -0.4 is 0 Å². The zero-order chi connectivity index (χ0) is 23.5. The molecule has 2 aromatic carbocycles. The summed E-state index contributed by atoms with van der Waals surface area (Å²) in [6.45, 7) is 0. The highest BCUT2D eigenvalue weighted by molar-refractivity contribution is 7.27. The van der Waals surface area contributed by atoms with Gasteiger partial charge in [0.15, 0.2) is 0 Å². The van der Waals surface area contributed by atoms with Gasteiger partial charge in [-0.25, -0.2) is 9.97 Å². The molecule has 0 amide bonds. The molecule has 0 radical (unpaired) electrons. The average Bonchev–Trinajstić information content (AvgIpc) is 3.68. The Balaban J connectivity index is 1.60. The summed E-state index contributed by atoms with van der Waals surface area (Å²) in [6.07, 6.45) is 0. The summed E-state index contributed by atoms with van der Waals surface area (Å²) >= 11 is 5.16. The lowest BCUT2D eigenvalue weighted by molar-refractivity contribution is 1.24. The number of hydrogen-bond acceptors (Lipinski definition) is 5. The van der Waals surface area contributed by atoms with Crippen molar-refractivity contribution >= 4 is 45.0 Å². The lowest BCUT2D eigenvalue weighted by Crippen LogP contribution is -1.96. The lowest BCUT2D eigenvalue weighted by Gasteiger charge is -2.00. The van der Waals surface area contributed by atoms with Crippen LogP contribution >= 0.6 is 34.0 Å². The van der Waals surface area contributed by atoms with E-state index in [-0.39, 0.29) is 0 Å². The minimum absolute atomic E-state index is 0.595. The Bertz CT molecular complexity index is 1600. The highest BCUT2D eigenvalue weighted by Crippen LogP contribution is 2.45. The Kier molecular flexibility index (Phi) is 5.97. The molecule has 0 N–H and O–H groups in total. The van der Waals surface area contributed by atoms with Crippen molar-refractivity contribution in [3.05, 3.63) is 118 Å². The zero-order valence-corrected chi connectivity index (χ0v) is 20.8. The standard InChI is InChI=1S/C30H16N2S3/c1-3-9-21(10-4-1)15-17-23-24(18-16-22-11-5-2-6-12-22)32-28-27(31-23)29(25-13-7-19-33-25)35-30(28)26-14-8-20-34-26/h1-14,19-20H. The minimum Gasteiger partial charge on any atom is -0.233 e. The van der Waals surface area contributed by atoms with Gasteiger partial charge in [-0.2, -0.15) is 0 Å². The zero-order valence-electron chi connectivity index (χ0n) is 18.4. The number of nitrogens with zero attached hydrogens (tertiary/aromatic N) is 2. The highest BCUT2D eigenvalue weighted by Gasteiger charge is 2.20. The van der Waals surface area contributed by atoms with Crippen molar-refractivity contribution < 1.29 is 0 Å². The van der Waals surface area contributed by atoms with Gasteiger partial charge < -0.3 is 0 Å². The van der Waals surface area contributed by atoms with Crippen LogP contribution in [-0.4, -0.2) is 9.97 Å². The number of fused-ring (bicyclic) bond motifs is 1. The molecule has 0 spiro atoms. The van der Waals surface area contributed by atoms with E-state index in [1.807, 2.05) is 60.7 Å². The molecule has 5 heteroatoms. The van der Waals surface area contributed by atoms with Crippen molar-refractivity contribution in [1.29, 1.82) is 0 Å². The van der Waals surface area contributed by atoms with Crippen LogP contribution in [0.15, 0.2) is 95.7 Å². The fraction of sp³-hybridized carbons (Fsp3) is 0. The predicted molar refractivity (Wildman–Crippen MR) is 149 cm³/mol. The predicted octanol–water partition coefficient (Wildman–Crippen LogP) is 7.95. The first kappa shape index (κ1) is 21.5. The monoisotopic (exact) mass is 500 g/mol. The third-order valence-corrected chi connectivity index (χ3v) is 8.49. The Morgan fingerprint density at radius 3 is 1.34 bits per heavy atom. The molecule has 6 rings (SSSR count). The van der Waals surface area contributed by atoms with Crippen molar-refractivity contribution in [3.63, 3.8) is 0 Å². The summed E-state index contributed by atoms with van der Waals surface area (Å²) in [6, 6.07) is 28.3. The van der Waals surface area contributed by atoms with Crippen LogP contribution in [0.5, 0.6) is 0 Å². The molecule has 164 valence electrons. The number of benzene rings is 2. The van der Waals surface area contributed by atoms with Crippen molar-refractivity contribution in [1.82, 2.24) is 9.97 Å². The number of thiophene rings is 3. The Morgan fingerprint density at radius 1 is 0.486 bits per heavy atom. The van der Waals surface area contributed by atoms with Gasteiger partial charge in [-0.1, -0.05) is 60.4 Å². The third kappa shape index (κ3) is 4.54. The Labute approximate surface area is 215 Å². The van der Waals surface area contributed by atoms with Crippen LogP contribution in [0.25, 0.3) is 30.5 Å². The summed E-state index contributed by atoms with van der Waals surface area (Å²) in [7, 11) is 0. The lowest BCUT2D eigenvalue weighted by atomic mass is 10.2. The molecule has 35 heavy (non-hydrogen) atoms. The van der Waals surface area contributed by atoms with Gasteiger partial charge in [0.25, 0.3) is 0 Å². The summed E-state index contributed by atoms with van der Waals surface area (Å²) in [5.41, 5.74) is 4.81. The van der Waals surface area contributed by atoms with Crippen LogP contribution in [-0.2, 0) is 0 Å². The Hall–Kier alpha value is -4.00. The maximum Gasteiger partial charge on any atom is 0.148 e. The van der Waals surface area contributed by atoms with Gasteiger partial charge in [-0.15, -0.1) is 34.0 Å². The third-order valence-electron chi connectivity index (χ3n) is 5.22. The second-order valence-electron chi connectivity index (χ2n) is 7.56. The molecule has 0 saturated carbocycles. The van der Waals surface area contributed by atoms with Gasteiger partial charge >= 0.3 is 0 Å². The summed E-state index contributed by atoms with van der Waals surface area (Å²) < 4.78 is 0. The quantitative estimate of drug-likeness (QED) is 0.226. The summed E-state index contributed by atoms with van der Waals surface area (Å²) in [5, 5.41) is 4.18. The smallest absolute Gasteiger partial charge is 0.148 e. The summed E-state index contributed by atoms with van der Waals surface area (Å²) in [4.78, 5) is 14.8. The molecule has 0 aliphatic rings. The number of rotatable bonds is 2. The Morgan fingerprint density at radius 2 is 0.943 bits per heavy atom. The molecular formula is C30H16N2S3. The molecule has 6 aromatic rings. The number of aromatic nitrogens is 2. The molecule has 0 unspecified atom stereocenters. The van der Waals surface area contributed by atoms with E-state index >= 15 is 0 Å². The van der Waals surface area contributed by atoms with Crippen LogP contribution in [0.3, 0.4) is 0 Å². The molecule has 0 bridgehead atoms. The van der Waals surface area contributed by atoms with Crippen molar-refractivity contribution in [3.8, 4) is 43.2 Å². The van der Waals surface area contributed by atoms with Crippen molar-refractivity contribution in [2.24, 2.45) is 0 Å². The molecule has 0 fully saturated rings. The van der Waals surface area contributed by atoms with E-state index < -0.39 is 0 Å². The molecule has 4 heterocycles. The maximum atomic E-state index is 5.07. The van der Waals surface area contributed by atoms with Crippen LogP contribution in [0.4, 0.5) is 0 Å². The molecule has 0 aliphatic carbocycles. The van der Waals surface area contributed by atoms with Crippen LogP contribution in [0.1, 0.15) is 22.5 Å². The first-order valence-corrected chi connectivity index (χ1v) is 13.5. The van der Waals surface area contributed by atoms with E-state index in [1.165, 1.54) is 9.75 Å². The largest absolute Gasteiger partial charge is 0.233 e. The van der Waals surface area contributed by atoms with Crippen LogP contribution in [0, 0.1) is 23.7 Å². The van der Waals surface area contributed by atoms with E-state index in [0.717, 1.165) is 31.9 Å². The van der Waals surface area contributed by atoms with Gasteiger partial charge in [0, 0.05) is 20.9 Å². The van der Waals surface area contributed by atoms with E-state index in [4.69, 9.17) is 9.97 Å². The van der Waals surface area contributed by atoms with Gasteiger partial charge in [0.2, 0.25) is 0 Å². The van der Waals surface area contributed by atoms with E-state index in [2.05, 4.69) is 58.7 Å². The number of hydrogen-bond donors (Lipinski definition) is 0. The van der Waals surface area contributed by atoms with Crippen molar-refractivity contribution in [2.75, 3.05) is 0 Å². The molecule has 0 atom stereocenters. The first-order chi connectivity index (χ1) is 17.3. The van der Waals surface area contributed by atoms with Gasteiger partial charge in [0.05, 0.1) is 9.75 Å². The van der Waals surface area contributed by atoms with Gasteiger partial charge in [-0.05, 0) is 59.0 Å². The fourth-order valence-corrected chi connectivity index (χ4v) is 6.47. The molecule has 2 nitrogen and oxygen atoms in total. The van der Waals surface area contributed by atoms with E-state index in [0.29, 0.717) is 11.4 Å². The maximum absolute atomic E-state index is 5.07. The normalized spacial score (nSPS) is 10.4. The van der Waals surface area contributed by atoms with Gasteiger partial charge in [-0.3, -0.25) is 0 Å². The topological polar surface area (TPSA) is 25.8 Å². The second-order valence-corrected chi connectivity index (χ2v) is 10.5. The first-order valence-electron chi connectivity index (χ1n) is 10.9. The fourth-order valence-electron chi connectivity index (χ4n) is 3.58.